The van der Waals surface area contributed by atoms with Gasteiger partial charge in [0.05, 0.1) is 11.6 Å². The van der Waals surface area contributed by atoms with E-state index in [4.69, 9.17) is 0 Å². The number of hydrogen-bond acceptors (Lipinski definition) is 4. The average Bonchev–Trinajstić information content (AvgIpc) is 2.57. The molecule has 1 aromatic heterocycles. The average molecular weight is 323 g/mol. The van der Waals surface area contributed by atoms with Crippen LogP contribution < -0.4 is 10.9 Å². The van der Waals surface area contributed by atoms with Crippen molar-refractivity contribution in [2.24, 2.45) is 0 Å². The van der Waals surface area contributed by atoms with Crippen LogP contribution in [-0.2, 0) is 6.54 Å². The fourth-order valence-electron chi connectivity index (χ4n) is 2.67. The molecule has 0 aliphatic rings. The van der Waals surface area contributed by atoms with E-state index in [1.807, 2.05) is 24.3 Å². The van der Waals surface area contributed by atoms with Crippen LogP contribution in [-0.4, -0.2) is 21.7 Å². The third kappa shape index (κ3) is 3.48. The molecule has 0 spiro atoms. The standard InChI is InChI=1S/C19H19N2O3/c1-12-2-4-13(5-3-12)10-20-11-17(23)14-6-8-16(22)19-15(14)7-9-18(24)21-19/h2-9,17,20,22-23H,1,10-11H2,(H,21,24)/t17-/m0/s1. The molecule has 0 amide bonds. The van der Waals surface area contributed by atoms with E-state index in [-0.39, 0.29) is 11.3 Å². The summed E-state index contributed by atoms with van der Waals surface area (Å²) in [6, 6.07) is 14.0. The van der Waals surface area contributed by atoms with Crippen molar-refractivity contribution in [1.82, 2.24) is 10.3 Å². The van der Waals surface area contributed by atoms with E-state index in [0.29, 0.717) is 29.6 Å². The molecular weight excluding hydrogens is 304 g/mol. The van der Waals surface area contributed by atoms with E-state index in [2.05, 4.69) is 17.2 Å². The molecule has 0 fully saturated rings. The summed E-state index contributed by atoms with van der Waals surface area (Å²) in [7, 11) is 0. The molecule has 4 N–H and O–H groups in total. The van der Waals surface area contributed by atoms with E-state index in [1.54, 1.807) is 12.1 Å². The maximum atomic E-state index is 11.4. The second-order valence-electron chi connectivity index (χ2n) is 5.75. The van der Waals surface area contributed by atoms with Crippen molar-refractivity contribution in [3.8, 4) is 5.75 Å². The molecule has 1 heterocycles. The zero-order valence-electron chi connectivity index (χ0n) is 13.1. The summed E-state index contributed by atoms with van der Waals surface area (Å²) in [5.41, 5.74) is 2.76. The first-order chi connectivity index (χ1) is 11.5. The molecule has 3 rings (SSSR count). The van der Waals surface area contributed by atoms with Gasteiger partial charge in [-0.05, 0) is 35.7 Å². The summed E-state index contributed by atoms with van der Waals surface area (Å²) in [6.45, 7) is 4.83. The van der Waals surface area contributed by atoms with Crippen LogP contribution in [0.5, 0.6) is 5.75 Å². The van der Waals surface area contributed by atoms with Crippen molar-refractivity contribution < 1.29 is 10.2 Å². The molecule has 5 nitrogen and oxygen atoms in total. The molecule has 0 saturated carbocycles. The maximum Gasteiger partial charge on any atom is 0.248 e. The lowest BCUT2D eigenvalue weighted by Gasteiger charge is -2.15. The molecule has 123 valence electrons. The van der Waals surface area contributed by atoms with Gasteiger partial charge < -0.3 is 20.5 Å². The van der Waals surface area contributed by atoms with Gasteiger partial charge in [0.1, 0.15) is 5.75 Å². The van der Waals surface area contributed by atoms with E-state index in [0.717, 1.165) is 11.1 Å². The summed E-state index contributed by atoms with van der Waals surface area (Å²) in [4.78, 5) is 14.0. The van der Waals surface area contributed by atoms with Crippen molar-refractivity contribution >= 4 is 10.9 Å². The van der Waals surface area contributed by atoms with E-state index in [1.165, 1.54) is 12.1 Å². The number of aliphatic hydroxyl groups is 1. The van der Waals surface area contributed by atoms with Crippen molar-refractivity contribution in [3.05, 3.63) is 82.5 Å². The van der Waals surface area contributed by atoms with Crippen LogP contribution in [0.25, 0.3) is 10.9 Å². The Morgan fingerprint density at radius 2 is 1.83 bits per heavy atom. The predicted molar refractivity (Wildman–Crippen MR) is 93.8 cm³/mol. The van der Waals surface area contributed by atoms with Crippen LogP contribution in [0.2, 0.25) is 0 Å². The summed E-state index contributed by atoms with van der Waals surface area (Å²) in [5.74, 6) is -0.0140. The fraction of sp³-hybridized carbons (Fsp3) is 0.158. The predicted octanol–water partition coefficient (Wildman–Crippen LogP) is 2.24. The molecule has 0 saturated heterocycles. The van der Waals surface area contributed by atoms with Gasteiger partial charge in [-0.2, -0.15) is 0 Å². The van der Waals surface area contributed by atoms with Crippen LogP contribution in [0, 0.1) is 6.92 Å². The molecule has 3 aromatic rings. The molecule has 5 heteroatoms. The summed E-state index contributed by atoms with van der Waals surface area (Å²) < 4.78 is 0. The first kappa shape index (κ1) is 16.2. The SMILES string of the molecule is [CH2]c1ccc(CNC[C@H](O)c2ccc(O)c3[nH]c(=O)ccc23)cc1. The first-order valence-electron chi connectivity index (χ1n) is 7.69. The normalized spacial score (nSPS) is 12.4. The zero-order valence-corrected chi connectivity index (χ0v) is 13.1. The number of phenols is 1. The van der Waals surface area contributed by atoms with Crippen LogP contribution in [0.4, 0.5) is 0 Å². The molecule has 0 aliphatic heterocycles. The second kappa shape index (κ2) is 6.86. The Hall–Kier alpha value is -2.63. The number of aromatic nitrogens is 1. The Balaban J connectivity index is 1.74. The number of aromatic hydroxyl groups is 1. The third-order valence-electron chi connectivity index (χ3n) is 3.96. The lowest BCUT2D eigenvalue weighted by Crippen LogP contribution is -2.21. The summed E-state index contributed by atoms with van der Waals surface area (Å²) in [5, 5.41) is 24.2. The van der Waals surface area contributed by atoms with Crippen LogP contribution in [0.1, 0.15) is 22.8 Å². The highest BCUT2D eigenvalue weighted by molar-refractivity contribution is 5.87. The Kier molecular flexibility index (Phi) is 4.64. The third-order valence-corrected chi connectivity index (χ3v) is 3.96. The smallest absolute Gasteiger partial charge is 0.248 e. The van der Waals surface area contributed by atoms with E-state index < -0.39 is 6.10 Å². The summed E-state index contributed by atoms with van der Waals surface area (Å²) in [6.07, 6.45) is -0.758. The molecule has 0 unspecified atom stereocenters. The Morgan fingerprint density at radius 3 is 2.58 bits per heavy atom. The zero-order chi connectivity index (χ0) is 17.1. The van der Waals surface area contributed by atoms with Crippen LogP contribution >= 0.6 is 0 Å². The Morgan fingerprint density at radius 1 is 1.08 bits per heavy atom. The highest BCUT2D eigenvalue weighted by Gasteiger charge is 2.13. The number of phenolic OH excluding ortho intramolecular Hbond substituents is 1. The minimum atomic E-state index is -0.758. The number of nitrogens with one attached hydrogen (secondary N) is 2. The lowest BCUT2D eigenvalue weighted by atomic mass is 10.0. The summed E-state index contributed by atoms with van der Waals surface area (Å²) >= 11 is 0. The molecular formula is C19H19N2O3. The number of rotatable bonds is 5. The number of hydrogen-bond donors (Lipinski definition) is 4. The molecule has 1 atom stereocenters. The van der Waals surface area contributed by atoms with Gasteiger partial charge in [-0.3, -0.25) is 4.79 Å². The Labute approximate surface area is 139 Å². The van der Waals surface area contributed by atoms with E-state index >= 15 is 0 Å². The number of aliphatic hydroxyl groups excluding tert-OH is 1. The van der Waals surface area contributed by atoms with Crippen molar-refractivity contribution in [1.29, 1.82) is 0 Å². The van der Waals surface area contributed by atoms with Gasteiger partial charge in [0.15, 0.2) is 0 Å². The van der Waals surface area contributed by atoms with Crippen molar-refractivity contribution in [2.45, 2.75) is 12.6 Å². The minimum Gasteiger partial charge on any atom is -0.506 e. The number of H-pyrrole nitrogens is 1. The van der Waals surface area contributed by atoms with Gasteiger partial charge >= 0.3 is 0 Å². The topological polar surface area (TPSA) is 85.3 Å². The highest BCUT2D eigenvalue weighted by atomic mass is 16.3. The largest absolute Gasteiger partial charge is 0.506 e. The number of pyridine rings is 1. The lowest BCUT2D eigenvalue weighted by molar-refractivity contribution is 0.176. The van der Waals surface area contributed by atoms with Gasteiger partial charge in [0.25, 0.3) is 0 Å². The quantitative estimate of drug-likeness (QED) is 0.580. The van der Waals surface area contributed by atoms with Gasteiger partial charge in [-0.25, -0.2) is 0 Å². The van der Waals surface area contributed by atoms with Gasteiger partial charge in [-0.15, -0.1) is 0 Å². The monoisotopic (exact) mass is 323 g/mol. The molecule has 24 heavy (non-hydrogen) atoms. The molecule has 0 bridgehead atoms. The fourth-order valence-corrected chi connectivity index (χ4v) is 2.67. The minimum absolute atomic E-state index is 0.0140. The molecule has 0 aliphatic carbocycles. The van der Waals surface area contributed by atoms with Crippen molar-refractivity contribution in [2.75, 3.05) is 6.54 Å². The number of fused-ring (bicyclic) bond motifs is 1. The maximum absolute atomic E-state index is 11.4. The van der Waals surface area contributed by atoms with Gasteiger partial charge in [0.2, 0.25) is 5.56 Å². The van der Waals surface area contributed by atoms with Crippen molar-refractivity contribution in [3.63, 3.8) is 0 Å². The molecule has 1 radical (unpaired) electrons. The second-order valence-corrected chi connectivity index (χ2v) is 5.75. The first-order valence-corrected chi connectivity index (χ1v) is 7.69. The van der Waals surface area contributed by atoms with E-state index in [9.17, 15) is 15.0 Å². The number of benzene rings is 2. The Bertz CT molecular complexity index is 901. The number of aromatic amines is 1. The van der Waals surface area contributed by atoms with Gasteiger partial charge in [-0.1, -0.05) is 30.3 Å². The van der Waals surface area contributed by atoms with Crippen LogP contribution in [0.3, 0.4) is 0 Å². The van der Waals surface area contributed by atoms with Gasteiger partial charge in [0, 0.05) is 24.5 Å². The molecule has 2 aromatic carbocycles. The highest BCUT2D eigenvalue weighted by Crippen LogP contribution is 2.28. The van der Waals surface area contributed by atoms with Crippen LogP contribution in [0.15, 0.2) is 53.3 Å².